The molecule has 0 saturated heterocycles. The number of ketones is 1. The standard InChI is InChI=1S/C15H8BrCl2NO2/c16-9-1-3-11-13(6-9)19(15(21)14(11)20)7-8-5-10(17)2-4-12(8)18/h1-6H,7H2. The number of nitrogens with zero attached hydrogens (tertiary/aromatic N) is 1. The van der Waals surface area contributed by atoms with Crippen LogP contribution < -0.4 is 4.90 Å². The van der Waals surface area contributed by atoms with E-state index in [0.717, 1.165) is 4.47 Å². The van der Waals surface area contributed by atoms with Crippen LogP contribution in [0.5, 0.6) is 0 Å². The largest absolute Gasteiger partial charge is 0.300 e. The second-order valence-corrected chi connectivity index (χ2v) is 6.38. The van der Waals surface area contributed by atoms with Gasteiger partial charge in [-0.15, -0.1) is 0 Å². The minimum Gasteiger partial charge on any atom is -0.300 e. The Morgan fingerprint density at radius 3 is 2.57 bits per heavy atom. The Kier molecular flexibility index (Phi) is 3.78. The number of rotatable bonds is 2. The SMILES string of the molecule is O=C1C(=O)N(Cc2cc(Cl)ccc2Cl)c2cc(Br)ccc21. The molecule has 0 fully saturated rings. The molecule has 0 bridgehead atoms. The number of fused-ring (bicyclic) bond motifs is 1. The number of anilines is 1. The Labute approximate surface area is 139 Å². The van der Waals surface area contributed by atoms with Crippen LogP contribution in [0.3, 0.4) is 0 Å². The summed E-state index contributed by atoms with van der Waals surface area (Å²) in [6.07, 6.45) is 0. The van der Waals surface area contributed by atoms with E-state index in [0.29, 0.717) is 26.9 Å². The van der Waals surface area contributed by atoms with Crippen LogP contribution in [-0.4, -0.2) is 11.7 Å². The molecule has 0 aliphatic carbocycles. The summed E-state index contributed by atoms with van der Waals surface area (Å²) >= 11 is 15.4. The molecule has 1 heterocycles. The molecule has 6 heteroatoms. The Morgan fingerprint density at radius 1 is 1.05 bits per heavy atom. The van der Waals surface area contributed by atoms with Crippen LogP contribution in [0.1, 0.15) is 15.9 Å². The molecule has 1 amide bonds. The van der Waals surface area contributed by atoms with E-state index in [2.05, 4.69) is 15.9 Å². The molecular formula is C15H8BrCl2NO2. The van der Waals surface area contributed by atoms with Crippen LogP contribution >= 0.6 is 39.1 Å². The zero-order valence-corrected chi connectivity index (χ0v) is 13.7. The molecule has 2 aromatic carbocycles. The van der Waals surface area contributed by atoms with Gasteiger partial charge in [0, 0.05) is 14.5 Å². The van der Waals surface area contributed by atoms with Crippen molar-refractivity contribution in [3.05, 3.63) is 62.0 Å². The van der Waals surface area contributed by atoms with Gasteiger partial charge in [0.1, 0.15) is 0 Å². The van der Waals surface area contributed by atoms with Crippen molar-refractivity contribution >= 4 is 56.5 Å². The monoisotopic (exact) mass is 383 g/mol. The van der Waals surface area contributed by atoms with Gasteiger partial charge in [-0.2, -0.15) is 0 Å². The third-order valence-corrected chi connectivity index (χ3v) is 4.37. The van der Waals surface area contributed by atoms with Gasteiger partial charge in [-0.1, -0.05) is 39.1 Å². The highest BCUT2D eigenvalue weighted by Gasteiger charge is 2.36. The molecule has 1 aliphatic rings. The molecule has 0 aromatic heterocycles. The van der Waals surface area contributed by atoms with Crippen molar-refractivity contribution in [2.24, 2.45) is 0 Å². The van der Waals surface area contributed by atoms with Crippen molar-refractivity contribution in [1.29, 1.82) is 0 Å². The lowest BCUT2D eigenvalue weighted by Crippen LogP contribution is -2.29. The Balaban J connectivity index is 2.04. The first kappa shape index (κ1) is 14.6. The Morgan fingerprint density at radius 2 is 1.81 bits per heavy atom. The minimum absolute atomic E-state index is 0.202. The summed E-state index contributed by atoms with van der Waals surface area (Å²) < 4.78 is 0.797. The molecule has 3 rings (SSSR count). The van der Waals surface area contributed by atoms with Crippen LogP contribution in [0.25, 0.3) is 0 Å². The molecular weight excluding hydrogens is 377 g/mol. The van der Waals surface area contributed by atoms with E-state index >= 15 is 0 Å². The van der Waals surface area contributed by atoms with Gasteiger partial charge in [-0.25, -0.2) is 0 Å². The minimum atomic E-state index is -0.556. The highest BCUT2D eigenvalue weighted by Crippen LogP contribution is 2.34. The van der Waals surface area contributed by atoms with E-state index in [-0.39, 0.29) is 6.54 Å². The van der Waals surface area contributed by atoms with Crippen LogP contribution in [-0.2, 0) is 11.3 Å². The quantitative estimate of drug-likeness (QED) is 0.715. The van der Waals surface area contributed by atoms with Gasteiger partial charge < -0.3 is 4.90 Å². The number of carbonyl (C=O) groups excluding carboxylic acids is 2. The highest BCUT2D eigenvalue weighted by molar-refractivity contribution is 9.10. The zero-order valence-electron chi connectivity index (χ0n) is 10.6. The average Bonchev–Trinajstić information content (AvgIpc) is 2.67. The predicted octanol–water partition coefficient (Wildman–Crippen LogP) is 4.49. The first-order valence-electron chi connectivity index (χ1n) is 6.07. The van der Waals surface area contributed by atoms with Gasteiger partial charge in [0.05, 0.1) is 17.8 Å². The molecule has 0 N–H and O–H groups in total. The molecule has 21 heavy (non-hydrogen) atoms. The predicted molar refractivity (Wildman–Crippen MR) is 86.1 cm³/mol. The summed E-state index contributed by atoms with van der Waals surface area (Å²) in [6.45, 7) is 0.202. The van der Waals surface area contributed by atoms with E-state index in [9.17, 15) is 9.59 Å². The van der Waals surface area contributed by atoms with Gasteiger partial charge >= 0.3 is 0 Å². The normalized spacial score (nSPS) is 13.8. The van der Waals surface area contributed by atoms with Gasteiger partial charge in [-0.3, -0.25) is 9.59 Å². The fraction of sp³-hybridized carbons (Fsp3) is 0.0667. The van der Waals surface area contributed by atoms with E-state index in [1.54, 1.807) is 36.4 Å². The van der Waals surface area contributed by atoms with Gasteiger partial charge in [0.25, 0.3) is 11.7 Å². The van der Waals surface area contributed by atoms with E-state index in [1.165, 1.54) is 4.90 Å². The van der Waals surface area contributed by atoms with E-state index < -0.39 is 11.7 Å². The summed E-state index contributed by atoms with van der Waals surface area (Å²) in [5.74, 6) is -1.06. The molecule has 3 nitrogen and oxygen atoms in total. The number of halogens is 3. The Hall–Kier alpha value is -1.36. The summed E-state index contributed by atoms with van der Waals surface area (Å²) in [5, 5.41) is 1.03. The van der Waals surface area contributed by atoms with Gasteiger partial charge in [0.15, 0.2) is 0 Å². The molecule has 0 atom stereocenters. The summed E-state index contributed by atoms with van der Waals surface area (Å²) in [4.78, 5) is 25.6. The third-order valence-electron chi connectivity index (χ3n) is 3.27. The maximum absolute atomic E-state index is 12.2. The highest BCUT2D eigenvalue weighted by atomic mass is 79.9. The number of hydrogen-bond acceptors (Lipinski definition) is 2. The van der Waals surface area contributed by atoms with Gasteiger partial charge in [0.2, 0.25) is 0 Å². The van der Waals surface area contributed by atoms with Crippen molar-refractivity contribution in [3.63, 3.8) is 0 Å². The Bertz CT molecular complexity index is 776. The lowest BCUT2D eigenvalue weighted by molar-refractivity contribution is -0.114. The van der Waals surface area contributed by atoms with E-state index in [1.807, 2.05) is 0 Å². The molecule has 2 aromatic rings. The molecule has 0 saturated carbocycles. The fourth-order valence-electron chi connectivity index (χ4n) is 2.26. The zero-order chi connectivity index (χ0) is 15.1. The lowest BCUT2D eigenvalue weighted by atomic mass is 10.1. The summed E-state index contributed by atoms with van der Waals surface area (Å²) in [7, 11) is 0. The smallest absolute Gasteiger partial charge is 0.299 e. The third kappa shape index (κ3) is 2.59. The number of hydrogen-bond donors (Lipinski definition) is 0. The average molecular weight is 385 g/mol. The van der Waals surface area contributed by atoms with Crippen LogP contribution in [0.15, 0.2) is 40.9 Å². The van der Waals surface area contributed by atoms with Crippen LogP contribution in [0.4, 0.5) is 5.69 Å². The van der Waals surface area contributed by atoms with Crippen molar-refractivity contribution in [2.75, 3.05) is 4.90 Å². The molecule has 106 valence electrons. The van der Waals surface area contributed by atoms with Crippen molar-refractivity contribution in [1.82, 2.24) is 0 Å². The van der Waals surface area contributed by atoms with Crippen molar-refractivity contribution < 1.29 is 9.59 Å². The molecule has 0 unspecified atom stereocenters. The summed E-state index contributed by atoms with van der Waals surface area (Å²) in [5.41, 5.74) is 1.68. The maximum atomic E-state index is 12.2. The second kappa shape index (κ2) is 5.44. The first-order chi connectivity index (χ1) is 9.97. The van der Waals surface area contributed by atoms with Crippen molar-refractivity contribution in [3.8, 4) is 0 Å². The number of carbonyl (C=O) groups is 2. The maximum Gasteiger partial charge on any atom is 0.299 e. The van der Waals surface area contributed by atoms with Crippen LogP contribution in [0, 0.1) is 0 Å². The topological polar surface area (TPSA) is 37.4 Å². The van der Waals surface area contributed by atoms with Crippen LogP contribution in [0.2, 0.25) is 10.0 Å². The number of amides is 1. The molecule has 0 radical (unpaired) electrons. The second-order valence-electron chi connectivity index (χ2n) is 4.62. The molecule has 0 spiro atoms. The van der Waals surface area contributed by atoms with E-state index in [4.69, 9.17) is 23.2 Å². The fourth-order valence-corrected chi connectivity index (χ4v) is 2.98. The number of Topliss-reactive ketones (excluding diaryl/α,β-unsaturated/α-hetero) is 1. The lowest BCUT2D eigenvalue weighted by Gasteiger charge is -2.17. The summed E-state index contributed by atoms with van der Waals surface area (Å²) in [6, 6.07) is 10.2. The molecule has 1 aliphatic heterocycles. The first-order valence-corrected chi connectivity index (χ1v) is 7.62. The number of benzene rings is 2. The van der Waals surface area contributed by atoms with Crippen molar-refractivity contribution in [2.45, 2.75) is 6.54 Å². The van der Waals surface area contributed by atoms with Gasteiger partial charge in [-0.05, 0) is 42.0 Å².